The number of rotatable bonds is 23. The molecule has 1 fully saturated rings. The number of aliphatic hydroxyl groups excluding tert-OH is 1. The molecule has 5 aromatic rings. The van der Waals surface area contributed by atoms with E-state index in [1.54, 1.807) is 55.6 Å². The minimum atomic E-state index is -1.77. The summed E-state index contributed by atoms with van der Waals surface area (Å²) in [5.41, 5.74) is 13.6. The van der Waals surface area contributed by atoms with Crippen LogP contribution in [0.25, 0.3) is 0 Å². The maximum absolute atomic E-state index is 15.2. The average molecular weight is 1270 g/mol. The molecule has 2 heterocycles. The van der Waals surface area contributed by atoms with E-state index in [4.69, 9.17) is 23.1 Å². The van der Waals surface area contributed by atoms with Crippen molar-refractivity contribution in [2.45, 2.75) is 107 Å². The number of hydrogen-bond acceptors (Lipinski definition) is 17. The summed E-state index contributed by atoms with van der Waals surface area (Å²) >= 11 is 6.21. The van der Waals surface area contributed by atoms with Gasteiger partial charge < -0.3 is 64.0 Å². The number of primary amides is 2. The topological polar surface area (TPSA) is 381 Å². The van der Waals surface area contributed by atoms with E-state index < -0.39 is 119 Å². The number of nitrogens with zero attached hydrogens (tertiary/aromatic N) is 1. The number of unbranched alkanes of at least 4 members (excludes halogenated alkanes) is 1. The lowest BCUT2D eigenvalue weighted by molar-refractivity contribution is -0.137. The predicted molar refractivity (Wildman–Crippen MR) is 332 cm³/mol. The Balaban J connectivity index is 1.44. The van der Waals surface area contributed by atoms with Crippen LogP contribution >= 0.6 is 33.2 Å². The Morgan fingerprint density at radius 1 is 0.693 bits per heavy atom. The third kappa shape index (κ3) is 21.8. The molecule has 14 N–H and O–H groups in total. The van der Waals surface area contributed by atoms with E-state index in [9.17, 15) is 53.7 Å². The molecule has 468 valence electrons. The lowest BCUT2D eigenvalue weighted by atomic mass is 9.90. The SMILES string of the molecule is CNCCCC[C@@H]1NC(=O)[C@@H](Cc2ccc(C(N)=O)cc2)NC(=O)[C@H](Cc2ccc(O)cc2)CC(=O)[C@H](NC(=O)[C@@H](CC(=O)c2ccccn2)Cc2ccc(Cl)cc2)CSSC[C@@H](C(=O)N[C@H](Cc2ccc(O)cc2)C(N)=O)NC(=O)[C@H]([C@@H](C)O)NC1=O. The number of aromatic hydroxyl groups is 2. The van der Waals surface area contributed by atoms with Gasteiger partial charge in [0.25, 0.3) is 0 Å². The highest BCUT2D eigenvalue weighted by Gasteiger charge is 2.37. The van der Waals surface area contributed by atoms with E-state index in [0.29, 0.717) is 46.7 Å². The standard InChI is InChI=1S/C62H73ClN10O13S2/c1-35(74)54-62(86)72-51(61(85)69-48(56(65)80)29-39-15-23-45(76)24-16-39)34-88-87-33-50(71-58(82)41(27-36-11-19-43(63)20-12-36)31-52(77)46-7-4-6-26-67-46)53(78)32-42(28-37-13-21-44(75)22-14-37)57(81)70-49(30-38-9-17-40(18-10-38)55(64)79)60(84)68-47(59(83)73-54)8-3-5-25-66-2/h4,6-7,9-24,26,35,41-42,47-51,54,66,74-76H,3,5,8,25,27-34H2,1-2H3,(H2,64,79)(H2,65,80)(H,68,84)(H,69,85)(H,70,81)(H,71,82)(H,72,86)(H,73,83)/t35-,41-,42-,47+,48-,49-,50-,51+,54+/m1/s1. The molecule has 0 saturated carbocycles. The van der Waals surface area contributed by atoms with E-state index in [2.05, 4.69) is 42.2 Å². The molecule has 26 heteroatoms. The molecule has 1 aliphatic rings. The van der Waals surface area contributed by atoms with Gasteiger partial charge in [-0.3, -0.25) is 52.9 Å². The lowest BCUT2D eigenvalue weighted by Crippen LogP contribution is -2.62. The predicted octanol–water partition coefficient (Wildman–Crippen LogP) is 2.54. The van der Waals surface area contributed by atoms with Crippen molar-refractivity contribution < 1.29 is 63.3 Å². The number of nitrogens with two attached hydrogens (primary N) is 2. The number of hydrogen-bond donors (Lipinski definition) is 12. The molecular weight excluding hydrogens is 1190 g/mol. The number of aliphatic hydroxyl groups is 1. The van der Waals surface area contributed by atoms with Crippen molar-refractivity contribution in [3.63, 3.8) is 0 Å². The Morgan fingerprint density at radius 3 is 1.90 bits per heavy atom. The fraction of sp³-hybridized carbons (Fsp3) is 0.371. The van der Waals surface area contributed by atoms with E-state index in [-0.39, 0.29) is 72.8 Å². The van der Waals surface area contributed by atoms with Crippen LogP contribution in [0.15, 0.2) is 121 Å². The first-order valence-corrected chi connectivity index (χ1v) is 31.3. The summed E-state index contributed by atoms with van der Waals surface area (Å²) in [6, 6.07) is 19.9. The summed E-state index contributed by atoms with van der Waals surface area (Å²) in [5.74, 6) is -11.3. The largest absolute Gasteiger partial charge is 0.508 e. The fourth-order valence-electron chi connectivity index (χ4n) is 9.51. The molecule has 6 rings (SSSR count). The first-order chi connectivity index (χ1) is 42.1. The van der Waals surface area contributed by atoms with Gasteiger partial charge in [-0.05, 0) is 136 Å². The zero-order valence-corrected chi connectivity index (χ0v) is 50.8. The zero-order valence-electron chi connectivity index (χ0n) is 48.4. The second-order valence-corrected chi connectivity index (χ2v) is 24.3. The molecule has 0 aliphatic carbocycles. The molecule has 1 saturated heterocycles. The number of carbonyl (C=O) groups is 10. The van der Waals surface area contributed by atoms with Gasteiger partial charge in [0.2, 0.25) is 47.3 Å². The van der Waals surface area contributed by atoms with E-state index in [0.717, 1.165) is 21.6 Å². The Kier molecular flexibility index (Phi) is 26.8. The molecule has 1 aromatic heterocycles. The Hall–Kier alpha value is -8.36. The quantitative estimate of drug-likeness (QED) is 0.0254. The van der Waals surface area contributed by atoms with Crippen LogP contribution in [0.1, 0.15) is 82.1 Å². The van der Waals surface area contributed by atoms with Gasteiger partial charge in [0.1, 0.15) is 47.4 Å². The number of phenols is 2. The Labute approximate surface area is 521 Å². The van der Waals surface area contributed by atoms with Gasteiger partial charge in [0.15, 0.2) is 11.6 Å². The number of halogens is 1. The number of nitrogens with one attached hydrogen (secondary N) is 7. The lowest BCUT2D eigenvalue weighted by Gasteiger charge is -2.29. The molecule has 0 spiro atoms. The minimum absolute atomic E-state index is 0.00517. The van der Waals surface area contributed by atoms with Crippen LogP contribution in [0.2, 0.25) is 5.02 Å². The minimum Gasteiger partial charge on any atom is -0.508 e. The fourth-order valence-corrected chi connectivity index (χ4v) is 12.0. The van der Waals surface area contributed by atoms with Gasteiger partial charge in [-0.2, -0.15) is 0 Å². The first kappa shape index (κ1) is 68.7. The zero-order chi connectivity index (χ0) is 63.9. The Morgan fingerprint density at radius 2 is 1.28 bits per heavy atom. The normalized spacial score (nSPS) is 20.1. The van der Waals surface area contributed by atoms with Crippen LogP contribution < -0.4 is 48.7 Å². The number of carbonyl (C=O) groups excluding carboxylic acids is 10. The summed E-state index contributed by atoms with van der Waals surface area (Å²) in [6.45, 7) is 1.74. The van der Waals surface area contributed by atoms with Crippen molar-refractivity contribution in [1.29, 1.82) is 0 Å². The molecule has 9 atom stereocenters. The van der Waals surface area contributed by atoms with Crippen LogP contribution in [0.4, 0.5) is 0 Å². The van der Waals surface area contributed by atoms with Crippen LogP contribution in [0.3, 0.4) is 0 Å². The molecule has 4 aromatic carbocycles. The van der Waals surface area contributed by atoms with E-state index in [1.807, 2.05) is 0 Å². The highest BCUT2D eigenvalue weighted by atomic mass is 35.5. The second-order valence-electron chi connectivity index (χ2n) is 21.3. The number of phenolic OH excluding ortho intramolecular Hbond substituents is 2. The maximum Gasteiger partial charge on any atom is 0.248 e. The number of pyridine rings is 1. The average Bonchev–Trinajstić information content (AvgIpc) is 3.12. The second kappa shape index (κ2) is 34.3. The number of amides is 8. The van der Waals surface area contributed by atoms with Crippen LogP contribution in [0, 0.1) is 11.8 Å². The van der Waals surface area contributed by atoms with Crippen LogP contribution in [-0.2, 0) is 64.0 Å². The van der Waals surface area contributed by atoms with Crippen molar-refractivity contribution >= 4 is 92.0 Å². The van der Waals surface area contributed by atoms with E-state index in [1.165, 1.54) is 79.9 Å². The van der Waals surface area contributed by atoms with Gasteiger partial charge in [0, 0.05) is 65.8 Å². The monoisotopic (exact) mass is 1260 g/mol. The molecule has 1 aliphatic heterocycles. The van der Waals surface area contributed by atoms with Crippen molar-refractivity contribution in [3.05, 3.63) is 160 Å². The van der Waals surface area contributed by atoms with Gasteiger partial charge in [0.05, 0.1) is 12.1 Å². The first-order valence-electron chi connectivity index (χ1n) is 28.4. The van der Waals surface area contributed by atoms with Crippen LogP contribution in [0.5, 0.6) is 11.5 Å². The summed E-state index contributed by atoms with van der Waals surface area (Å²) < 4.78 is 0. The van der Waals surface area contributed by atoms with Gasteiger partial charge in [-0.15, -0.1) is 0 Å². The molecule has 23 nitrogen and oxygen atoms in total. The summed E-state index contributed by atoms with van der Waals surface area (Å²) in [6.07, 6.45) is -0.786. The Bertz CT molecular complexity index is 3220. The number of benzene rings is 4. The molecular formula is C62H73ClN10O13S2. The van der Waals surface area contributed by atoms with Gasteiger partial charge in [-0.1, -0.05) is 87.8 Å². The number of aromatic nitrogens is 1. The van der Waals surface area contributed by atoms with E-state index >= 15 is 9.59 Å². The molecule has 0 bridgehead atoms. The third-order valence-electron chi connectivity index (χ3n) is 14.5. The summed E-state index contributed by atoms with van der Waals surface area (Å²) in [4.78, 5) is 146. The van der Waals surface area contributed by atoms with Crippen LogP contribution in [-0.4, -0.2) is 147 Å². The highest BCUT2D eigenvalue weighted by Crippen LogP contribution is 2.27. The molecule has 0 unspecified atom stereocenters. The third-order valence-corrected chi connectivity index (χ3v) is 17.2. The summed E-state index contributed by atoms with van der Waals surface area (Å²) in [5, 5.41) is 50.8. The van der Waals surface area contributed by atoms with Crippen molar-refractivity contribution in [2.24, 2.45) is 23.3 Å². The maximum atomic E-state index is 15.2. The van der Waals surface area contributed by atoms with Crippen molar-refractivity contribution in [3.8, 4) is 11.5 Å². The molecule has 0 radical (unpaired) electrons. The number of Topliss-reactive ketones (excluding diaryl/α,β-unsaturated/α-hetero) is 2. The van der Waals surface area contributed by atoms with Crippen molar-refractivity contribution in [1.82, 2.24) is 42.2 Å². The van der Waals surface area contributed by atoms with Gasteiger partial charge >= 0.3 is 0 Å². The summed E-state index contributed by atoms with van der Waals surface area (Å²) in [7, 11) is 3.66. The molecule has 8 amide bonds. The van der Waals surface area contributed by atoms with Gasteiger partial charge in [-0.25, -0.2) is 0 Å². The highest BCUT2D eigenvalue weighted by molar-refractivity contribution is 8.76. The molecule has 88 heavy (non-hydrogen) atoms. The van der Waals surface area contributed by atoms with Crippen molar-refractivity contribution in [2.75, 3.05) is 25.1 Å². The smallest absolute Gasteiger partial charge is 0.248 e. The number of ketones is 2.